The fourth-order valence-electron chi connectivity index (χ4n) is 2.21. The molecule has 146 valence electrons. The number of hydrogen-bond acceptors (Lipinski definition) is 5. The van der Waals surface area contributed by atoms with Crippen LogP contribution in [0.5, 0.6) is 5.75 Å². The van der Waals surface area contributed by atoms with Crippen LogP contribution in [-0.2, 0) is 10.0 Å². The van der Waals surface area contributed by atoms with Crippen LogP contribution in [0.4, 0.5) is 5.69 Å². The zero-order valence-electron chi connectivity index (χ0n) is 15.7. The molecule has 0 radical (unpaired) electrons. The maximum atomic E-state index is 12.6. The third kappa shape index (κ3) is 6.26. The fraction of sp³-hybridized carbons (Fsp3) is 0.316. The molecule has 0 aliphatic carbocycles. The van der Waals surface area contributed by atoms with Gasteiger partial charge in [0.2, 0.25) is 0 Å². The lowest BCUT2D eigenvalue weighted by Crippen LogP contribution is -2.45. The first-order chi connectivity index (χ1) is 12.6. The van der Waals surface area contributed by atoms with E-state index in [2.05, 4.69) is 10.0 Å². The smallest absolute Gasteiger partial charge is 0.261 e. The van der Waals surface area contributed by atoms with Gasteiger partial charge in [0.25, 0.3) is 15.9 Å². The van der Waals surface area contributed by atoms with Crippen molar-refractivity contribution in [2.24, 2.45) is 5.73 Å². The summed E-state index contributed by atoms with van der Waals surface area (Å²) in [6.45, 7) is 6.24. The quantitative estimate of drug-likeness (QED) is 0.640. The average molecular weight is 391 g/mol. The highest BCUT2D eigenvalue weighted by Gasteiger charge is 2.18. The number of ether oxygens (including phenoxy) is 1. The number of nitrogens with two attached hydrogens (primary N) is 1. The molecule has 0 heterocycles. The highest BCUT2D eigenvalue weighted by molar-refractivity contribution is 7.92. The van der Waals surface area contributed by atoms with Crippen LogP contribution in [0.1, 0.15) is 31.1 Å². The fourth-order valence-corrected chi connectivity index (χ4v) is 3.32. The van der Waals surface area contributed by atoms with E-state index in [4.69, 9.17) is 10.5 Å². The number of amides is 1. The van der Waals surface area contributed by atoms with E-state index in [0.717, 1.165) is 0 Å². The third-order valence-electron chi connectivity index (χ3n) is 3.53. The van der Waals surface area contributed by atoms with Crippen LogP contribution < -0.4 is 20.5 Å². The molecule has 4 N–H and O–H groups in total. The molecule has 8 heteroatoms. The van der Waals surface area contributed by atoms with Gasteiger partial charge in [-0.1, -0.05) is 6.07 Å². The Morgan fingerprint density at radius 2 is 1.81 bits per heavy atom. The number of rotatable bonds is 8. The predicted octanol–water partition coefficient (Wildman–Crippen LogP) is 2.35. The van der Waals surface area contributed by atoms with Gasteiger partial charge >= 0.3 is 0 Å². The van der Waals surface area contributed by atoms with E-state index < -0.39 is 15.6 Å². The van der Waals surface area contributed by atoms with Crippen LogP contribution in [0.3, 0.4) is 0 Å². The Kier molecular flexibility index (Phi) is 6.45. The molecule has 2 aromatic carbocycles. The second-order valence-corrected chi connectivity index (χ2v) is 8.44. The van der Waals surface area contributed by atoms with Gasteiger partial charge in [-0.2, -0.15) is 0 Å². The Bertz CT molecular complexity index is 888. The lowest BCUT2D eigenvalue weighted by Gasteiger charge is -2.19. The first-order valence-electron chi connectivity index (χ1n) is 8.53. The Labute approximate surface area is 160 Å². The molecule has 0 aliphatic heterocycles. The van der Waals surface area contributed by atoms with Crippen molar-refractivity contribution in [1.29, 1.82) is 0 Å². The lowest BCUT2D eigenvalue weighted by molar-refractivity contribution is 0.0946. The summed E-state index contributed by atoms with van der Waals surface area (Å²) in [5.74, 6) is 0.272. The first kappa shape index (κ1) is 20.7. The highest BCUT2D eigenvalue weighted by Crippen LogP contribution is 2.20. The van der Waals surface area contributed by atoms with Crippen LogP contribution in [0, 0.1) is 0 Å². The molecule has 0 aliphatic rings. The number of sulfonamides is 1. The van der Waals surface area contributed by atoms with E-state index >= 15 is 0 Å². The van der Waals surface area contributed by atoms with Gasteiger partial charge in [-0.3, -0.25) is 9.52 Å². The van der Waals surface area contributed by atoms with Gasteiger partial charge in [0.1, 0.15) is 5.75 Å². The normalized spacial score (nSPS) is 11.7. The Balaban J connectivity index is 2.15. The number of benzene rings is 2. The second-order valence-electron chi connectivity index (χ2n) is 6.76. The van der Waals surface area contributed by atoms with Crippen molar-refractivity contribution >= 4 is 21.6 Å². The van der Waals surface area contributed by atoms with Gasteiger partial charge in [0, 0.05) is 23.3 Å². The summed E-state index contributed by atoms with van der Waals surface area (Å²) >= 11 is 0. The largest absolute Gasteiger partial charge is 0.494 e. The number of carbonyl (C=O) groups excluding carboxylic acids is 1. The minimum atomic E-state index is -3.83. The molecule has 0 saturated carbocycles. The summed E-state index contributed by atoms with van der Waals surface area (Å²) in [7, 11) is -3.83. The molecule has 0 unspecified atom stereocenters. The maximum Gasteiger partial charge on any atom is 0.261 e. The van der Waals surface area contributed by atoms with Gasteiger partial charge in [0.05, 0.1) is 11.5 Å². The summed E-state index contributed by atoms with van der Waals surface area (Å²) in [4.78, 5) is 12.2. The minimum absolute atomic E-state index is 0.00366. The zero-order valence-corrected chi connectivity index (χ0v) is 16.5. The number of carbonyl (C=O) groups is 1. The van der Waals surface area contributed by atoms with Crippen LogP contribution in [0.25, 0.3) is 0 Å². The second kappa shape index (κ2) is 8.41. The molecule has 0 bridgehead atoms. The van der Waals surface area contributed by atoms with E-state index in [0.29, 0.717) is 18.0 Å². The first-order valence-corrected chi connectivity index (χ1v) is 10.0. The van der Waals surface area contributed by atoms with Crippen molar-refractivity contribution < 1.29 is 17.9 Å². The molecule has 0 saturated heterocycles. The standard InChI is InChI=1S/C19H25N3O4S/c1-4-26-16-10-8-15(9-11-16)22-27(24,25)17-7-5-6-14(12-17)18(23)21-13-19(2,3)20/h5-12,22H,4,13,20H2,1-3H3,(H,21,23). The highest BCUT2D eigenvalue weighted by atomic mass is 32.2. The summed E-state index contributed by atoms with van der Waals surface area (Å²) in [6, 6.07) is 12.4. The topological polar surface area (TPSA) is 111 Å². The van der Waals surface area contributed by atoms with Crippen molar-refractivity contribution in [3.63, 3.8) is 0 Å². The number of anilines is 1. The molecule has 0 atom stereocenters. The van der Waals surface area contributed by atoms with Crippen molar-refractivity contribution in [1.82, 2.24) is 5.32 Å². The SMILES string of the molecule is CCOc1ccc(NS(=O)(=O)c2cccc(C(=O)NCC(C)(C)N)c2)cc1. The monoisotopic (exact) mass is 391 g/mol. The molecular weight excluding hydrogens is 366 g/mol. The third-order valence-corrected chi connectivity index (χ3v) is 4.91. The molecule has 0 spiro atoms. The van der Waals surface area contributed by atoms with Crippen molar-refractivity contribution in [2.45, 2.75) is 31.2 Å². The maximum absolute atomic E-state index is 12.6. The lowest BCUT2D eigenvalue weighted by atomic mass is 10.1. The van der Waals surface area contributed by atoms with E-state index in [-0.39, 0.29) is 22.9 Å². The Morgan fingerprint density at radius 1 is 1.15 bits per heavy atom. The van der Waals surface area contributed by atoms with Gasteiger partial charge in [-0.25, -0.2) is 8.42 Å². The van der Waals surface area contributed by atoms with Gasteiger partial charge < -0.3 is 15.8 Å². The van der Waals surface area contributed by atoms with Gasteiger partial charge in [-0.15, -0.1) is 0 Å². The van der Waals surface area contributed by atoms with Crippen LogP contribution in [0.2, 0.25) is 0 Å². The van der Waals surface area contributed by atoms with Gasteiger partial charge in [-0.05, 0) is 63.2 Å². The predicted molar refractivity (Wildman–Crippen MR) is 105 cm³/mol. The van der Waals surface area contributed by atoms with Crippen LogP contribution in [0.15, 0.2) is 53.4 Å². The van der Waals surface area contributed by atoms with E-state index in [1.807, 2.05) is 6.92 Å². The van der Waals surface area contributed by atoms with Crippen molar-refractivity contribution in [3.8, 4) is 5.75 Å². The van der Waals surface area contributed by atoms with Crippen molar-refractivity contribution in [3.05, 3.63) is 54.1 Å². The Morgan fingerprint density at radius 3 is 2.41 bits per heavy atom. The van der Waals surface area contributed by atoms with Crippen LogP contribution in [-0.4, -0.2) is 33.0 Å². The van der Waals surface area contributed by atoms with Crippen molar-refractivity contribution in [2.75, 3.05) is 17.9 Å². The molecule has 2 rings (SSSR count). The van der Waals surface area contributed by atoms with E-state index in [9.17, 15) is 13.2 Å². The Hall–Kier alpha value is -2.58. The van der Waals surface area contributed by atoms with E-state index in [1.54, 1.807) is 44.2 Å². The number of hydrogen-bond donors (Lipinski definition) is 3. The van der Waals surface area contributed by atoms with Crippen LogP contribution >= 0.6 is 0 Å². The molecule has 2 aromatic rings. The molecule has 27 heavy (non-hydrogen) atoms. The summed E-state index contributed by atoms with van der Waals surface area (Å²) in [5.41, 5.74) is 5.93. The summed E-state index contributed by atoms with van der Waals surface area (Å²) < 4.78 is 33.0. The summed E-state index contributed by atoms with van der Waals surface area (Å²) in [6.07, 6.45) is 0. The molecule has 0 aromatic heterocycles. The average Bonchev–Trinajstić information content (AvgIpc) is 2.61. The molecular formula is C19H25N3O4S. The molecule has 7 nitrogen and oxygen atoms in total. The van der Waals surface area contributed by atoms with E-state index in [1.165, 1.54) is 18.2 Å². The number of nitrogens with one attached hydrogen (secondary N) is 2. The summed E-state index contributed by atoms with van der Waals surface area (Å²) in [5, 5.41) is 2.69. The van der Waals surface area contributed by atoms with Gasteiger partial charge in [0.15, 0.2) is 0 Å². The minimum Gasteiger partial charge on any atom is -0.494 e. The molecule has 0 fully saturated rings. The zero-order chi connectivity index (χ0) is 20.1. The molecule has 1 amide bonds.